The Balaban J connectivity index is 2.49. The molecule has 1 unspecified atom stereocenters. The fraction of sp³-hybridized carbons (Fsp3) is 0.500. The zero-order valence-corrected chi connectivity index (χ0v) is 12.1. The van der Waals surface area contributed by atoms with Gasteiger partial charge in [0.25, 0.3) is 0 Å². The molecule has 6 nitrogen and oxygen atoms in total. The van der Waals surface area contributed by atoms with Crippen LogP contribution in [-0.2, 0) is 4.79 Å². The number of anilines is 1. The highest BCUT2D eigenvalue weighted by Gasteiger charge is 2.32. The van der Waals surface area contributed by atoms with Gasteiger partial charge in [0.1, 0.15) is 11.9 Å². The van der Waals surface area contributed by atoms with Crippen LogP contribution in [0.15, 0.2) is 16.9 Å². The van der Waals surface area contributed by atoms with E-state index in [-0.39, 0.29) is 17.5 Å². The average molecular weight is 328 g/mol. The quantitative estimate of drug-likeness (QED) is 0.630. The molecule has 2 rings (SSSR count). The molecule has 0 aromatic carbocycles. The molecule has 102 valence electrons. The van der Waals surface area contributed by atoms with Gasteiger partial charge in [0.05, 0.1) is 15.4 Å². The van der Waals surface area contributed by atoms with Crippen LogP contribution < -0.4 is 4.90 Å². The molecule has 2 heterocycles. The van der Waals surface area contributed by atoms with Crippen molar-refractivity contribution in [1.29, 1.82) is 0 Å². The zero-order chi connectivity index (χ0) is 14.0. The SMILES string of the molecule is CC(=O)C1CCCCN1c1c(Br)cncc1[N+](=O)[O-]. The van der Waals surface area contributed by atoms with Crippen LogP contribution in [0, 0.1) is 10.1 Å². The number of nitrogens with zero attached hydrogens (tertiary/aromatic N) is 3. The molecule has 1 aliphatic rings. The molecule has 19 heavy (non-hydrogen) atoms. The van der Waals surface area contributed by atoms with Gasteiger partial charge in [-0.05, 0) is 42.1 Å². The molecule has 1 saturated heterocycles. The predicted octanol–water partition coefficient (Wildman–Crippen LogP) is 2.70. The topological polar surface area (TPSA) is 76.3 Å². The summed E-state index contributed by atoms with van der Waals surface area (Å²) < 4.78 is 0.551. The van der Waals surface area contributed by atoms with Crippen molar-refractivity contribution in [1.82, 2.24) is 4.98 Å². The van der Waals surface area contributed by atoms with Crippen LogP contribution in [-0.4, -0.2) is 28.3 Å². The van der Waals surface area contributed by atoms with E-state index in [2.05, 4.69) is 20.9 Å². The molecule has 1 aromatic rings. The Hall–Kier alpha value is -1.50. The van der Waals surface area contributed by atoms with Gasteiger partial charge in [-0.15, -0.1) is 0 Å². The molecule has 0 saturated carbocycles. The second-order valence-corrected chi connectivity index (χ2v) is 5.42. The average Bonchev–Trinajstić information content (AvgIpc) is 2.38. The molecular weight excluding hydrogens is 314 g/mol. The van der Waals surface area contributed by atoms with E-state index < -0.39 is 4.92 Å². The van der Waals surface area contributed by atoms with Crippen LogP contribution in [0.2, 0.25) is 0 Å². The van der Waals surface area contributed by atoms with Gasteiger partial charge in [-0.25, -0.2) is 0 Å². The largest absolute Gasteiger partial charge is 0.355 e. The van der Waals surface area contributed by atoms with Crippen LogP contribution in [0.1, 0.15) is 26.2 Å². The lowest BCUT2D eigenvalue weighted by molar-refractivity contribution is -0.384. The highest BCUT2D eigenvalue weighted by Crippen LogP contribution is 2.38. The molecule has 0 amide bonds. The summed E-state index contributed by atoms with van der Waals surface area (Å²) in [5.41, 5.74) is 0.391. The number of hydrogen-bond acceptors (Lipinski definition) is 5. The van der Waals surface area contributed by atoms with Crippen molar-refractivity contribution in [2.24, 2.45) is 0 Å². The minimum Gasteiger partial charge on any atom is -0.355 e. The third-order valence-electron chi connectivity index (χ3n) is 3.31. The highest BCUT2D eigenvalue weighted by atomic mass is 79.9. The summed E-state index contributed by atoms with van der Waals surface area (Å²) in [5.74, 6) is 0.0395. The summed E-state index contributed by atoms with van der Waals surface area (Å²) in [6.07, 6.45) is 5.38. The summed E-state index contributed by atoms with van der Waals surface area (Å²) in [6.45, 7) is 2.18. The third kappa shape index (κ3) is 2.75. The summed E-state index contributed by atoms with van der Waals surface area (Å²) >= 11 is 3.31. The first kappa shape index (κ1) is 13.9. The molecule has 0 N–H and O–H groups in total. The molecule has 0 aliphatic carbocycles. The lowest BCUT2D eigenvalue weighted by atomic mass is 9.98. The maximum Gasteiger partial charge on any atom is 0.311 e. The fourth-order valence-corrected chi connectivity index (χ4v) is 3.01. The maximum atomic E-state index is 11.7. The van der Waals surface area contributed by atoms with Crippen LogP contribution in [0.5, 0.6) is 0 Å². The van der Waals surface area contributed by atoms with Crippen LogP contribution in [0.25, 0.3) is 0 Å². The van der Waals surface area contributed by atoms with E-state index in [1.807, 2.05) is 4.90 Å². The van der Waals surface area contributed by atoms with Crippen molar-refractivity contribution in [3.8, 4) is 0 Å². The molecule has 7 heteroatoms. The van der Waals surface area contributed by atoms with Crippen LogP contribution in [0.4, 0.5) is 11.4 Å². The number of ketones is 1. The van der Waals surface area contributed by atoms with Crippen LogP contribution in [0.3, 0.4) is 0 Å². The number of hydrogen-bond donors (Lipinski definition) is 0. The summed E-state index contributed by atoms with van der Waals surface area (Å²) in [4.78, 5) is 28.1. The number of halogens is 1. The Morgan fingerprint density at radius 3 is 2.89 bits per heavy atom. The monoisotopic (exact) mass is 327 g/mol. The molecule has 0 spiro atoms. The van der Waals surface area contributed by atoms with Gasteiger partial charge in [0, 0.05) is 12.7 Å². The lowest BCUT2D eigenvalue weighted by Crippen LogP contribution is -2.44. The number of Topliss-reactive ketones (excluding diaryl/α,β-unsaturated/α-hetero) is 1. The molecule has 1 atom stereocenters. The summed E-state index contributed by atoms with van der Waals surface area (Å²) in [6, 6.07) is -0.286. The Labute approximate surface area is 119 Å². The number of aromatic nitrogens is 1. The maximum absolute atomic E-state index is 11.7. The van der Waals surface area contributed by atoms with Crippen molar-refractivity contribution in [3.05, 3.63) is 27.0 Å². The Kier molecular flexibility index (Phi) is 4.14. The molecule has 0 bridgehead atoms. The van der Waals surface area contributed by atoms with E-state index in [1.54, 1.807) is 0 Å². The second kappa shape index (κ2) is 5.64. The smallest absolute Gasteiger partial charge is 0.311 e. The summed E-state index contributed by atoms with van der Waals surface area (Å²) in [7, 11) is 0. The van der Waals surface area contributed by atoms with Crippen molar-refractivity contribution in [3.63, 3.8) is 0 Å². The van der Waals surface area contributed by atoms with Gasteiger partial charge in [-0.2, -0.15) is 0 Å². The van der Waals surface area contributed by atoms with Gasteiger partial charge in [0.2, 0.25) is 0 Å². The lowest BCUT2D eigenvalue weighted by Gasteiger charge is -2.35. The minimum atomic E-state index is -0.459. The number of carbonyl (C=O) groups is 1. The highest BCUT2D eigenvalue weighted by molar-refractivity contribution is 9.10. The molecule has 1 aliphatic heterocycles. The van der Waals surface area contributed by atoms with Gasteiger partial charge in [-0.1, -0.05) is 0 Å². The van der Waals surface area contributed by atoms with Crippen molar-refractivity contribution in [2.75, 3.05) is 11.4 Å². The normalized spacial score (nSPS) is 19.3. The first-order chi connectivity index (χ1) is 9.02. The van der Waals surface area contributed by atoms with Gasteiger partial charge in [0.15, 0.2) is 5.78 Å². The predicted molar refractivity (Wildman–Crippen MR) is 74.3 cm³/mol. The Morgan fingerprint density at radius 1 is 1.53 bits per heavy atom. The van der Waals surface area contributed by atoms with E-state index in [9.17, 15) is 14.9 Å². The van der Waals surface area contributed by atoms with E-state index in [0.29, 0.717) is 16.7 Å². The van der Waals surface area contributed by atoms with E-state index in [1.165, 1.54) is 19.3 Å². The van der Waals surface area contributed by atoms with E-state index >= 15 is 0 Å². The zero-order valence-electron chi connectivity index (χ0n) is 10.5. The Morgan fingerprint density at radius 2 is 2.26 bits per heavy atom. The fourth-order valence-electron chi connectivity index (χ4n) is 2.46. The standard InChI is InChI=1S/C12H14BrN3O3/c1-8(17)10-4-2-3-5-15(10)12-9(13)6-14-7-11(12)16(18)19/h6-7,10H,2-5H2,1H3. The van der Waals surface area contributed by atoms with E-state index in [0.717, 1.165) is 19.3 Å². The molecule has 1 fully saturated rings. The summed E-state index contributed by atoms with van der Waals surface area (Å²) in [5, 5.41) is 11.1. The van der Waals surface area contributed by atoms with Crippen molar-refractivity contribution >= 4 is 33.1 Å². The minimum absolute atomic E-state index is 0.0395. The molecular formula is C12H14BrN3O3. The van der Waals surface area contributed by atoms with Gasteiger partial charge < -0.3 is 4.90 Å². The second-order valence-electron chi connectivity index (χ2n) is 4.56. The van der Waals surface area contributed by atoms with E-state index in [4.69, 9.17) is 0 Å². The van der Waals surface area contributed by atoms with Gasteiger partial charge in [-0.3, -0.25) is 19.9 Å². The first-order valence-electron chi connectivity index (χ1n) is 6.07. The van der Waals surface area contributed by atoms with Gasteiger partial charge >= 0.3 is 5.69 Å². The van der Waals surface area contributed by atoms with Crippen molar-refractivity contribution < 1.29 is 9.72 Å². The Bertz CT molecular complexity index is 521. The van der Waals surface area contributed by atoms with Crippen molar-refractivity contribution in [2.45, 2.75) is 32.2 Å². The number of nitro groups is 1. The third-order valence-corrected chi connectivity index (χ3v) is 3.89. The number of pyridine rings is 1. The first-order valence-corrected chi connectivity index (χ1v) is 6.86. The molecule has 0 radical (unpaired) electrons. The number of carbonyl (C=O) groups excluding carboxylic acids is 1. The van der Waals surface area contributed by atoms with Crippen LogP contribution >= 0.6 is 15.9 Å². The number of piperidine rings is 1. The molecule has 1 aromatic heterocycles. The number of rotatable bonds is 3.